The minimum Gasteiger partial charge on any atom is -0.317 e. The number of nitrogens with one attached hydrogen (secondary N) is 1. The van der Waals surface area contributed by atoms with Crippen LogP contribution in [0.2, 0.25) is 0 Å². The van der Waals surface area contributed by atoms with Crippen molar-refractivity contribution in [1.82, 2.24) is 19.9 Å². The fraction of sp³-hybridized carbons (Fsp3) is 0.519. The number of anilines is 2. The smallest absolute Gasteiger partial charge is 0.252 e. The lowest BCUT2D eigenvalue weighted by atomic mass is 9.79. The number of piperidine rings is 1. The third-order valence-corrected chi connectivity index (χ3v) is 8.21. The van der Waals surface area contributed by atoms with Gasteiger partial charge in [0.1, 0.15) is 5.65 Å². The Morgan fingerprint density at radius 3 is 2.58 bits per heavy atom. The zero-order valence-corrected chi connectivity index (χ0v) is 19.2. The van der Waals surface area contributed by atoms with Crippen LogP contribution in [0.1, 0.15) is 57.4 Å². The lowest BCUT2D eigenvalue weighted by Gasteiger charge is -2.35. The minimum atomic E-state index is 0.0710. The lowest BCUT2D eigenvalue weighted by Crippen LogP contribution is -2.41. The van der Waals surface area contributed by atoms with Crippen LogP contribution in [-0.4, -0.2) is 33.7 Å². The molecule has 1 aromatic carbocycles. The van der Waals surface area contributed by atoms with Crippen LogP contribution in [0.25, 0.3) is 11.0 Å². The quantitative estimate of drug-likeness (QED) is 0.626. The Morgan fingerprint density at radius 1 is 0.909 bits per heavy atom. The number of hydrogen-bond acceptors (Lipinski definition) is 5. The first-order chi connectivity index (χ1) is 16.3. The maximum absolute atomic E-state index is 13.2. The molecule has 3 atom stereocenters. The maximum Gasteiger partial charge on any atom is 0.252 e. The van der Waals surface area contributed by atoms with Crippen LogP contribution in [0.4, 0.5) is 11.6 Å². The molecule has 0 amide bonds. The second-order valence-corrected chi connectivity index (χ2v) is 10.1. The van der Waals surface area contributed by atoms with Crippen molar-refractivity contribution in [1.29, 1.82) is 0 Å². The molecule has 1 N–H and O–H groups in total. The van der Waals surface area contributed by atoms with Crippen LogP contribution in [0.15, 0.2) is 53.5 Å². The Balaban J connectivity index is 1.44. The van der Waals surface area contributed by atoms with Crippen molar-refractivity contribution in [2.24, 2.45) is 11.8 Å². The van der Waals surface area contributed by atoms with E-state index in [0.717, 1.165) is 67.3 Å². The first kappa shape index (κ1) is 20.8. The molecule has 6 nitrogen and oxygen atoms in total. The number of para-hydroxylation sites is 1. The second-order valence-electron chi connectivity index (χ2n) is 10.1. The average Bonchev–Trinajstić information content (AvgIpc) is 3.33. The van der Waals surface area contributed by atoms with Crippen molar-refractivity contribution < 1.29 is 0 Å². The Morgan fingerprint density at radius 2 is 1.73 bits per heavy atom. The van der Waals surface area contributed by atoms with Gasteiger partial charge in [-0.1, -0.05) is 37.5 Å². The molecule has 6 rings (SSSR count). The van der Waals surface area contributed by atoms with Crippen LogP contribution in [0.5, 0.6) is 0 Å². The molecule has 1 aliphatic heterocycles. The highest BCUT2D eigenvalue weighted by Crippen LogP contribution is 2.46. The molecule has 33 heavy (non-hydrogen) atoms. The molecule has 3 heterocycles. The van der Waals surface area contributed by atoms with E-state index in [2.05, 4.69) is 34.5 Å². The second kappa shape index (κ2) is 8.90. The van der Waals surface area contributed by atoms with E-state index < -0.39 is 0 Å². The highest BCUT2D eigenvalue weighted by atomic mass is 16.1. The number of pyridine rings is 1. The summed E-state index contributed by atoms with van der Waals surface area (Å²) in [6.45, 7) is 1.99. The lowest BCUT2D eigenvalue weighted by molar-refractivity contribution is 0.210. The number of hydrogen-bond donors (Lipinski definition) is 1. The first-order valence-corrected chi connectivity index (χ1v) is 12.7. The summed E-state index contributed by atoms with van der Waals surface area (Å²) >= 11 is 0. The number of rotatable bonds is 4. The van der Waals surface area contributed by atoms with Crippen LogP contribution in [0.3, 0.4) is 0 Å². The van der Waals surface area contributed by atoms with Gasteiger partial charge in [0, 0.05) is 35.4 Å². The Kier molecular flexibility index (Phi) is 5.62. The van der Waals surface area contributed by atoms with Gasteiger partial charge in [-0.2, -0.15) is 4.98 Å². The van der Waals surface area contributed by atoms with Crippen molar-refractivity contribution in [3.8, 4) is 0 Å². The standard InChI is InChI=1S/C27H33N5O/c33-25-12-10-21-18-29-27(31(22-7-2-1-3-8-22)23-13-15-28-16-14-23)30-26(21)32(25)24-11-9-19-5-4-6-20(19)17-24/h1-3,7-8,10,12,18-20,23-24,28H,4-6,9,11,13-17H2. The number of aromatic nitrogens is 3. The van der Waals surface area contributed by atoms with Gasteiger partial charge in [0.15, 0.2) is 0 Å². The largest absolute Gasteiger partial charge is 0.317 e. The minimum absolute atomic E-state index is 0.0710. The molecule has 0 radical (unpaired) electrons. The van der Waals surface area contributed by atoms with E-state index in [1.54, 1.807) is 6.07 Å². The highest BCUT2D eigenvalue weighted by Gasteiger charge is 2.35. The summed E-state index contributed by atoms with van der Waals surface area (Å²) in [6.07, 6.45) is 11.5. The molecule has 172 valence electrons. The predicted molar refractivity (Wildman–Crippen MR) is 132 cm³/mol. The molecule has 1 saturated heterocycles. The molecular formula is C27H33N5O. The molecule has 3 aliphatic rings. The summed E-state index contributed by atoms with van der Waals surface area (Å²) < 4.78 is 2.00. The van der Waals surface area contributed by atoms with Gasteiger partial charge < -0.3 is 10.2 Å². The van der Waals surface area contributed by atoms with Crippen molar-refractivity contribution in [3.05, 3.63) is 59.0 Å². The molecule has 2 aliphatic carbocycles. The van der Waals surface area contributed by atoms with Gasteiger partial charge in [0.2, 0.25) is 5.95 Å². The van der Waals surface area contributed by atoms with E-state index >= 15 is 0 Å². The van der Waals surface area contributed by atoms with Crippen LogP contribution >= 0.6 is 0 Å². The Bertz CT molecular complexity index is 1170. The molecule has 6 heteroatoms. The monoisotopic (exact) mass is 443 g/mol. The first-order valence-electron chi connectivity index (χ1n) is 12.7. The summed E-state index contributed by atoms with van der Waals surface area (Å²) in [5.41, 5.74) is 1.98. The van der Waals surface area contributed by atoms with E-state index in [4.69, 9.17) is 9.97 Å². The topological polar surface area (TPSA) is 63.1 Å². The van der Waals surface area contributed by atoms with Gasteiger partial charge in [0.05, 0.1) is 0 Å². The molecule has 3 unspecified atom stereocenters. The van der Waals surface area contributed by atoms with Crippen molar-refractivity contribution in [2.75, 3.05) is 18.0 Å². The Hall–Kier alpha value is -2.73. The van der Waals surface area contributed by atoms with E-state index in [1.807, 2.05) is 22.9 Å². The van der Waals surface area contributed by atoms with Gasteiger partial charge >= 0.3 is 0 Å². The van der Waals surface area contributed by atoms with Crippen LogP contribution in [-0.2, 0) is 0 Å². The van der Waals surface area contributed by atoms with Crippen molar-refractivity contribution in [2.45, 2.75) is 63.5 Å². The third-order valence-electron chi connectivity index (χ3n) is 8.21. The van der Waals surface area contributed by atoms with Gasteiger partial charge in [0.25, 0.3) is 5.56 Å². The summed E-state index contributed by atoms with van der Waals surface area (Å²) in [4.78, 5) is 25.4. The third kappa shape index (κ3) is 3.95. The molecular weight excluding hydrogens is 410 g/mol. The van der Waals surface area contributed by atoms with E-state index in [-0.39, 0.29) is 11.6 Å². The van der Waals surface area contributed by atoms with Gasteiger partial charge in [-0.3, -0.25) is 9.36 Å². The molecule has 0 bridgehead atoms. The van der Waals surface area contributed by atoms with Gasteiger partial charge in [-0.05, 0) is 75.2 Å². The summed E-state index contributed by atoms with van der Waals surface area (Å²) in [7, 11) is 0. The highest BCUT2D eigenvalue weighted by molar-refractivity contribution is 5.76. The van der Waals surface area contributed by atoms with Crippen molar-refractivity contribution in [3.63, 3.8) is 0 Å². The van der Waals surface area contributed by atoms with Gasteiger partial charge in [-0.15, -0.1) is 0 Å². The summed E-state index contributed by atoms with van der Waals surface area (Å²) in [6, 6.07) is 14.6. The molecule has 3 aromatic rings. The van der Waals surface area contributed by atoms with E-state index in [9.17, 15) is 4.79 Å². The zero-order valence-electron chi connectivity index (χ0n) is 19.2. The fourth-order valence-corrected chi connectivity index (χ4v) is 6.55. The molecule has 3 fully saturated rings. The normalized spacial score (nSPS) is 25.8. The Labute approximate surface area is 195 Å². The SMILES string of the molecule is O=c1ccc2cnc(N(c3ccccc3)C3CCNCC3)nc2n1C1CCC2CCCC2C1. The van der Waals surface area contributed by atoms with E-state index in [1.165, 1.54) is 25.7 Å². The maximum atomic E-state index is 13.2. The molecule has 2 saturated carbocycles. The fourth-order valence-electron chi connectivity index (χ4n) is 6.55. The van der Waals surface area contributed by atoms with E-state index in [0.29, 0.717) is 12.0 Å². The number of fused-ring (bicyclic) bond motifs is 2. The average molecular weight is 444 g/mol. The van der Waals surface area contributed by atoms with Crippen LogP contribution < -0.4 is 15.8 Å². The summed E-state index contributed by atoms with van der Waals surface area (Å²) in [5, 5.41) is 4.42. The van der Waals surface area contributed by atoms with Gasteiger partial charge in [-0.25, -0.2) is 4.98 Å². The number of nitrogens with zero attached hydrogens (tertiary/aromatic N) is 4. The predicted octanol–water partition coefficient (Wildman–Crippen LogP) is 4.82. The zero-order chi connectivity index (χ0) is 22.2. The summed E-state index contributed by atoms with van der Waals surface area (Å²) in [5.74, 6) is 2.34. The number of benzene rings is 1. The molecule has 2 aromatic heterocycles. The van der Waals surface area contributed by atoms with Crippen LogP contribution in [0, 0.1) is 11.8 Å². The van der Waals surface area contributed by atoms with Crippen molar-refractivity contribution >= 4 is 22.7 Å². The molecule has 0 spiro atoms.